The van der Waals surface area contributed by atoms with Crippen molar-refractivity contribution in [2.24, 2.45) is 5.92 Å². The molecule has 0 spiro atoms. The molecule has 1 heterocycles. The second kappa shape index (κ2) is 9.67. The maximum absolute atomic E-state index is 13.5. The second-order valence-electron chi connectivity index (χ2n) is 8.45. The number of hydrogen-bond donors (Lipinski definition) is 1. The highest BCUT2D eigenvalue weighted by molar-refractivity contribution is 7.89. The molecule has 1 aliphatic heterocycles. The first-order valence-electron chi connectivity index (χ1n) is 10.4. The fourth-order valence-electron chi connectivity index (χ4n) is 3.65. The predicted octanol–water partition coefficient (Wildman–Crippen LogP) is 2.15. The van der Waals surface area contributed by atoms with E-state index in [1.165, 1.54) is 29.6 Å². The first kappa shape index (κ1) is 25.6. The molecular weight excluding hydrogens is 471 g/mol. The van der Waals surface area contributed by atoms with Gasteiger partial charge in [0.2, 0.25) is 20.0 Å². The molecule has 0 unspecified atom stereocenters. The summed E-state index contributed by atoms with van der Waals surface area (Å²) in [6.45, 7) is 3.08. The zero-order valence-electron chi connectivity index (χ0n) is 19.0. The summed E-state index contributed by atoms with van der Waals surface area (Å²) in [5.41, 5.74) is 1.29. The minimum Gasteiger partial charge on any atom is -0.487 e. The minimum atomic E-state index is -4.02. The molecule has 0 fully saturated rings. The van der Waals surface area contributed by atoms with Crippen LogP contribution in [0, 0.1) is 11.7 Å². The zero-order chi connectivity index (χ0) is 24.6. The average molecular weight is 501 g/mol. The Balaban J connectivity index is 2.14. The van der Waals surface area contributed by atoms with Crippen LogP contribution in [0.3, 0.4) is 0 Å². The molecule has 0 saturated carbocycles. The van der Waals surface area contributed by atoms with E-state index in [9.17, 15) is 26.3 Å². The van der Waals surface area contributed by atoms with Gasteiger partial charge in [0.25, 0.3) is 0 Å². The zero-order valence-corrected chi connectivity index (χ0v) is 20.6. The van der Waals surface area contributed by atoms with Crippen LogP contribution in [0.15, 0.2) is 47.4 Å². The smallest absolute Gasteiger partial charge is 0.247 e. The Bertz CT molecular complexity index is 1200. The van der Waals surface area contributed by atoms with Gasteiger partial charge in [-0.05, 0) is 42.3 Å². The first-order valence-corrected chi connectivity index (χ1v) is 13.7. The molecule has 0 aromatic heterocycles. The number of benzene rings is 2. The number of nitrogens with zero attached hydrogens (tertiary/aromatic N) is 2. The van der Waals surface area contributed by atoms with Crippen molar-refractivity contribution in [1.82, 2.24) is 8.61 Å². The Labute approximate surface area is 194 Å². The molecule has 0 aliphatic carbocycles. The summed E-state index contributed by atoms with van der Waals surface area (Å²) in [6.07, 6.45) is 0.432. The molecule has 0 saturated heterocycles. The van der Waals surface area contributed by atoms with E-state index in [1.807, 2.05) is 0 Å². The molecule has 182 valence electrons. The highest BCUT2D eigenvalue weighted by Gasteiger charge is 2.38. The van der Waals surface area contributed by atoms with Gasteiger partial charge in [0, 0.05) is 25.6 Å². The van der Waals surface area contributed by atoms with Gasteiger partial charge in [-0.25, -0.2) is 25.5 Å². The van der Waals surface area contributed by atoms with Crippen molar-refractivity contribution in [1.29, 1.82) is 0 Å². The van der Waals surface area contributed by atoms with Gasteiger partial charge < -0.3 is 9.84 Å². The first-order chi connectivity index (χ1) is 15.3. The fraction of sp³-hybridized carbons (Fsp3) is 0.455. The van der Waals surface area contributed by atoms with Crippen LogP contribution in [-0.4, -0.2) is 75.7 Å². The topological polar surface area (TPSA) is 104 Å². The van der Waals surface area contributed by atoms with Crippen molar-refractivity contribution < 1.29 is 31.1 Å². The molecule has 2 aromatic rings. The van der Waals surface area contributed by atoms with E-state index in [0.717, 1.165) is 10.6 Å². The van der Waals surface area contributed by atoms with Gasteiger partial charge in [-0.1, -0.05) is 25.1 Å². The van der Waals surface area contributed by atoms with E-state index in [2.05, 4.69) is 0 Å². The third-order valence-electron chi connectivity index (χ3n) is 5.85. The maximum atomic E-state index is 13.5. The van der Waals surface area contributed by atoms with Crippen molar-refractivity contribution in [2.75, 3.05) is 33.0 Å². The summed E-state index contributed by atoms with van der Waals surface area (Å²) in [6, 6.07) is 9.67. The van der Waals surface area contributed by atoms with Crippen LogP contribution in [0.25, 0.3) is 11.1 Å². The molecule has 0 radical (unpaired) electrons. The second-order valence-corrected chi connectivity index (χ2v) is 12.4. The fourth-order valence-corrected chi connectivity index (χ4v) is 5.90. The van der Waals surface area contributed by atoms with E-state index in [4.69, 9.17) is 4.74 Å². The molecule has 0 bridgehead atoms. The van der Waals surface area contributed by atoms with E-state index < -0.39 is 38.0 Å². The molecule has 0 amide bonds. The molecule has 11 heteroatoms. The standard InChI is InChI=1S/C22H29FN2O6S2/c1-15-12-25(16(2)14-26)33(29,30)22-10-7-18(17-5-8-19(23)9-6-17)11-20(22)31-21(15)13-24(3)32(4,27)28/h5-11,15-16,21,26H,12-14H2,1-4H3/t15-,16-,21-/m1/s1. The molecule has 2 aromatic carbocycles. The van der Waals surface area contributed by atoms with Gasteiger partial charge in [-0.15, -0.1) is 0 Å². The lowest BCUT2D eigenvalue weighted by Gasteiger charge is -2.37. The molecular formula is C22H29FN2O6S2. The predicted molar refractivity (Wildman–Crippen MR) is 123 cm³/mol. The molecule has 33 heavy (non-hydrogen) atoms. The Kier molecular flexibility index (Phi) is 7.49. The maximum Gasteiger partial charge on any atom is 0.247 e. The monoisotopic (exact) mass is 500 g/mol. The van der Waals surface area contributed by atoms with Crippen LogP contribution in [-0.2, 0) is 20.0 Å². The van der Waals surface area contributed by atoms with Crippen molar-refractivity contribution in [3.63, 3.8) is 0 Å². The summed E-state index contributed by atoms with van der Waals surface area (Å²) >= 11 is 0. The summed E-state index contributed by atoms with van der Waals surface area (Å²) < 4.78 is 72.9. The molecule has 1 N–H and O–H groups in total. The highest BCUT2D eigenvalue weighted by Crippen LogP contribution is 2.36. The summed E-state index contributed by atoms with van der Waals surface area (Å²) in [7, 11) is -6.07. The van der Waals surface area contributed by atoms with E-state index >= 15 is 0 Å². The van der Waals surface area contributed by atoms with Crippen LogP contribution in [0.1, 0.15) is 13.8 Å². The third kappa shape index (κ3) is 5.55. The molecule has 8 nitrogen and oxygen atoms in total. The minimum absolute atomic E-state index is 0.0155. The lowest BCUT2D eigenvalue weighted by Crippen LogP contribution is -2.50. The number of hydrogen-bond acceptors (Lipinski definition) is 6. The highest BCUT2D eigenvalue weighted by atomic mass is 32.2. The Morgan fingerprint density at radius 1 is 1.21 bits per heavy atom. The van der Waals surface area contributed by atoms with Crippen LogP contribution in [0.4, 0.5) is 4.39 Å². The molecule has 1 aliphatic rings. The SMILES string of the molecule is C[C@@H]1CN([C@H](C)CO)S(=O)(=O)c2ccc(-c3ccc(F)cc3)cc2O[C@@H]1CN(C)S(C)(=O)=O. The quantitative estimate of drug-likeness (QED) is 0.652. The molecule has 3 atom stereocenters. The van der Waals surface area contributed by atoms with Gasteiger partial charge in [0.05, 0.1) is 19.4 Å². The van der Waals surface area contributed by atoms with E-state index in [1.54, 1.807) is 38.1 Å². The number of halogens is 1. The summed E-state index contributed by atoms with van der Waals surface area (Å²) in [4.78, 5) is -0.0763. The van der Waals surface area contributed by atoms with Crippen molar-refractivity contribution in [2.45, 2.75) is 30.9 Å². The number of ether oxygens (including phenoxy) is 1. The summed E-state index contributed by atoms with van der Waals surface area (Å²) in [5.74, 6) is -0.707. The van der Waals surface area contributed by atoms with Gasteiger partial charge in [-0.2, -0.15) is 4.31 Å². The number of sulfonamides is 2. The van der Waals surface area contributed by atoms with Crippen molar-refractivity contribution >= 4 is 20.0 Å². The number of aliphatic hydroxyl groups excluding tert-OH is 1. The Morgan fingerprint density at radius 2 is 1.82 bits per heavy atom. The normalized spacial score (nSPS) is 22.2. The summed E-state index contributed by atoms with van der Waals surface area (Å²) in [5, 5.41) is 9.69. The number of likely N-dealkylation sites (N-methyl/N-ethyl adjacent to an activating group) is 1. The van der Waals surface area contributed by atoms with Crippen LogP contribution in [0.2, 0.25) is 0 Å². The van der Waals surface area contributed by atoms with Gasteiger partial charge in [0.1, 0.15) is 22.6 Å². The Morgan fingerprint density at radius 3 is 2.39 bits per heavy atom. The van der Waals surface area contributed by atoms with Gasteiger partial charge in [0.15, 0.2) is 0 Å². The molecule has 3 rings (SSSR count). The Hall–Kier alpha value is -2.05. The van der Waals surface area contributed by atoms with E-state index in [-0.39, 0.29) is 36.3 Å². The average Bonchev–Trinajstić information content (AvgIpc) is 2.75. The van der Waals surface area contributed by atoms with Gasteiger partial charge in [-0.3, -0.25) is 0 Å². The van der Waals surface area contributed by atoms with E-state index in [0.29, 0.717) is 11.1 Å². The van der Waals surface area contributed by atoms with Crippen LogP contribution >= 0.6 is 0 Å². The third-order valence-corrected chi connectivity index (χ3v) is 9.15. The van der Waals surface area contributed by atoms with Crippen LogP contribution in [0.5, 0.6) is 5.75 Å². The largest absolute Gasteiger partial charge is 0.487 e. The lowest BCUT2D eigenvalue weighted by molar-refractivity contribution is 0.0906. The van der Waals surface area contributed by atoms with Crippen molar-refractivity contribution in [3.05, 3.63) is 48.3 Å². The number of aliphatic hydroxyl groups is 1. The lowest BCUT2D eigenvalue weighted by atomic mass is 10.0. The van der Waals surface area contributed by atoms with Crippen LogP contribution < -0.4 is 4.74 Å². The number of fused-ring (bicyclic) bond motifs is 1. The number of rotatable bonds is 6. The van der Waals surface area contributed by atoms with Crippen molar-refractivity contribution in [3.8, 4) is 16.9 Å². The van der Waals surface area contributed by atoms with Gasteiger partial charge >= 0.3 is 0 Å².